The fourth-order valence-electron chi connectivity index (χ4n) is 4.87. The van der Waals surface area contributed by atoms with Crippen molar-refractivity contribution in [3.05, 3.63) is 101 Å². The highest BCUT2D eigenvalue weighted by Crippen LogP contribution is 2.36. The van der Waals surface area contributed by atoms with E-state index in [-0.39, 0.29) is 17.7 Å². The lowest BCUT2D eigenvalue weighted by Gasteiger charge is -2.32. The Labute approximate surface area is 218 Å². The van der Waals surface area contributed by atoms with Crippen molar-refractivity contribution in [3.63, 3.8) is 0 Å². The van der Waals surface area contributed by atoms with E-state index >= 15 is 0 Å². The number of esters is 2. The van der Waals surface area contributed by atoms with Gasteiger partial charge in [0, 0.05) is 5.92 Å². The number of rotatable bonds is 7. The van der Waals surface area contributed by atoms with Gasteiger partial charge in [0.05, 0.1) is 5.41 Å². The van der Waals surface area contributed by atoms with E-state index < -0.39 is 23.4 Å². The van der Waals surface area contributed by atoms with Crippen molar-refractivity contribution in [2.24, 2.45) is 11.3 Å². The lowest BCUT2D eigenvalue weighted by atomic mass is 9.79. The number of Topliss-reactive ketones (excluding diaryl/α,β-unsaturated/α-hetero) is 1. The summed E-state index contributed by atoms with van der Waals surface area (Å²) in [7, 11) is 0. The summed E-state index contributed by atoms with van der Waals surface area (Å²) in [5, 5.41) is 0. The van der Waals surface area contributed by atoms with Gasteiger partial charge in [0.2, 0.25) is 0 Å². The second-order valence-electron chi connectivity index (χ2n) is 10.8. The SMILES string of the molecule is CC(=O)C(OC(=O)C(c1ccccc1)c1ccccc1)C1CCc2c(cccc2OC(=O)C(C)(C)C)C1. The number of ether oxygens (including phenoxy) is 2. The third-order valence-corrected chi connectivity index (χ3v) is 6.87. The van der Waals surface area contributed by atoms with Crippen LogP contribution in [0.5, 0.6) is 5.75 Å². The molecule has 37 heavy (non-hydrogen) atoms. The van der Waals surface area contributed by atoms with Gasteiger partial charge in [-0.2, -0.15) is 0 Å². The molecule has 0 N–H and O–H groups in total. The maximum absolute atomic E-state index is 13.6. The first-order valence-electron chi connectivity index (χ1n) is 12.8. The molecule has 5 nitrogen and oxygen atoms in total. The van der Waals surface area contributed by atoms with Crippen molar-refractivity contribution in [2.45, 2.75) is 59.0 Å². The van der Waals surface area contributed by atoms with Crippen molar-refractivity contribution in [2.75, 3.05) is 0 Å². The number of benzene rings is 3. The summed E-state index contributed by atoms with van der Waals surface area (Å²) >= 11 is 0. The van der Waals surface area contributed by atoms with Gasteiger partial charge in [-0.25, -0.2) is 0 Å². The minimum absolute atomic E-state index is 0.158. The molecule has 1 aliphatic carbocycles. The third kappa shape index (κ3) is 6.16. The van der Waals surface area contributed by atoms with E-state index in [9.17, 15) is 14.4 Å². The molecule has 0 fully saturated rings. The quantitative estimate of drug-likeness (QED) is 0.292. The Bertz CT molecular complexity index is 1220. The summed E-state index contributed by atoms with van der Waals surface area (Å²) in [5.41, 5.74) is 3.03. The summed E-state index contributed by atoms with van der Waals surface area (Å²) in [4.78, 5) is 38.8. The predicted molar refractivity (Wildman–Crippen MR) is 142 cm³/mol. The first-order chi connectivity index (χ1) is 17.6. The molecule has 0 spiro atoms. The fraction of sp³-hybridized carbons (Fsp3) is 0.344. The highest BCUT2D eigenvalue weighted by molar-refractivity contribution is 5.87. The average molecular weight is 499 g/mol. The van der Waals surface area contributed by atoms with Crippen LogP contribution in [-0.4, -0.2) is 23.8 Å². The van der Waals surface area contributed by atoms with Gasteiger partial charge in [0.25, 0.3) is 0 Å². The molecule has 3 aromatic carbocycles. The van der Waals surface area contributed by atoms with Gasteiger partial charge in [-0.3, -0.25) is 14.4 Å². The van der Waals surface area contributed by atoms with Crippen molar-refractivity contribution in [1.82, 2.24) is 0 Å². The van der Waals surface area contributed by atoms with Crippen LogP contribution in [0.1, 0.15) is 62.3 Å². The third-order valence-electron chi connectivity index (χ3n) is 6.87. The number of carbonyl (C=O) groups is 3. The molecule has 0 aromatic heterocycles. The van der Waals surface area contributed by atoms with Crippen molar-refractivity contribution in [1.29, 1.82) is 0 Å². The topological polar surface area (TPSA) is 69.7 Å². The molecule has 5 heteroatoms. The smallest absolute Gasteiger partial charge is 0.318 e. The fourth-order valence-corrected chi connectivity index (χ4v) is 4.87. The number of ketones is 1. The van der Waals surface area contributed by atoms with Crippen molar-refractivity contribution >= 4 is 17.7 Å². The van der Waals surface area contributed by atoms with Crippen LogP contribution in [0.25, 0.3) is 0 Å². The molecule has 0 bridgehead atoms. The monoisotopic (exact) mass is 498 g/mol. The zero-order valence-electron chi connectivity index (χ0n) is 21.9. The average Bonchev–Trinajstić information content (AvgIpc) is 2.88. The summed E-state index contributed by atoms with van der Waals surface area (Å²) in [5.74, 6) is -1.10. The zero-order valence-corrected chi connectivity index (χ0v) is 21.9. The zero-order chi connectivity index (χ0) is 26.6. The normalized spacial score (nSPS) is 16.0. The van der Waals surface area contributed by atoms with Crippen LogP contribution < -0.4 is 4.74 Å². The van der Waals surface area contributed by atoms with E-state index in [2.05, 4.69) is 0 Å². The summed E-state index contributed by atoms with van der Waals surface area (Å²) in [6.45, 7) is 6.95. The summed E-state index contributed by atoms with van der Waals surface area (Å²) in [6.07, 6.45) is 0.997. The molecule has 0 heterocycles. The van der Waals surface area contributed by atoms with Gasteiger partial charge in [-0.1, -0.05) is 72.8 Å². The minimum atomic E-state index is -0.851. The molecular formula is C32H34O5. The molecule has 0 aliphatic heterocycles. The van der Waals surface area contributed by atoms with Gasteiger partial charge in [0.15, 0.2) is 11.9 Å². The number of hydrogen-bond donors (Lipinski definition) is 0. The van der Waals surface area contributed by atoms with E-state index in [1.54, 1.807) is 0 Å². The highest BCUT2D eigenvalue weighted by atomic mass is 16.5. The van der Waals surface area contributed by atoms with Crippen LogP contribution in [0.3, 0.4) is 0 Å². The Morgan fingerprint density at radius 2 is 1.43 bits per heavy atom. The van der Waals surface area contributed by atoms with Gasteiger partial charge >= 0.3 is 11.9 Å². The standard InChI is InChI=1S/C32H34O5/c1-21(33)29(37-30(34)28(22-12-7-5-8-13-22)23-14-9-6-10-15-23)25-18-19-26-24(20-25)16-11-17-27(26)36-31(35)32(2,3)4/h5-17,25,28-29H,18-20H2,1-4H3. The molecule has 192 valence electrons. The Morgan fingerprint density at radius 3 is 1.97 bits per heavy atom. The van der Waals surface area contributed by atoms with Crippen LogP contribution in [0, 0.1) is 11.3 Å². The molecule has 0 saturated carbocycles. The Balaban J connectivity index is 1.56. The van der Waals surface area contributed by atoms with Gasteiger partial charge < -0.3 is 9.47 Å². The second kappa shape index (κ2) is 11.1. The molecular weight excluding hydrogens is 464 g/mol. The van der Waals surface area contributed by atoms with E-state index in [0.29, 0.717) is 25.0 Å². The highest BCUT2D eigenvalue weighted by Gasteiger charge is 2.36. The molecule has 0 radical (unpaired) electrons. The maximum atomic E-state index is 13.6. The van der Waals surface area contributed by atoms with Crippen LogP contribution in [0.15, 0.2) is 78.9 Å². The van der Waals surface area contributed by atoms with Crippen LogP contribution in [-0.2, 0) is 32.0 Å². The maximum Gasteiger partial charge on any atom is 0.318 e. The predicted octanol–water partition coefficient (Wildman–Crippen LogP) is 6.08. The van der Waals surface area contributed by atoms with Gasteiger partial charge in [0.1, 0.15) is 11.7 Å². The second-order valence-corrected chi connectivity index (χ2v) is 10.8. The van der Waals surface area contributed by atoms with E-state index in [1.165, 1.54) is 6.92 Å². The van der Waals surface area contributed by atoms with Gasteiger partial charge in [-0.05, 0) is 75.3 Å². The van der Waals surface area contributed by atoms with E-state index in [4.69, 9.17) is 9.47 Å². The molecule has 1 aliphatic rings. The molecule has 2 atom stereocenters. The van der Waals surface area contributed by atoms with E-state index in [1.807, 2.05) is 99.6 Å². The van der Waals surface area contributed by atoms with Crippen LogP contribution in [0.2, 0.25) is 0 Å². The summed E-state index contributed by atoms with van der Waals surface area (Å²) < 4.78 is 11.7. The Morgan fingerprint density at radius 1 is 0.838 bits per heavy atom. The molecule has 0 amide bonds. The Kier molecular flexibility index (Phi) is 7.91. The van der Waals surface area contributed by atoms with Crippen LogP contribution >= 0.6 is 0 Å². The number of carbonyl (C=O) groups excluding carboxylic acids is 3. The van der Waals surface area contributed by atoms with Crippen molar-refractivity contribution in [3.8, 4) is 5.75 Å². The van der Waals surface area contributed by atoms with Gasteiger partial charge in [-0.15, -0.1) is 0 Å². The first-order valence-corrected chi connectivity index (χ1v) is 12.8. The molecule has 4 rings (SSSR count). The summed E-state index contributed by atoms with van der Waals surface area (Å²) in [6, 6.07) is 24.7. The van der Waals surface area contributed by atoms with Crippen molar-refractivity contribution < 1.29 is 23.9 Å². The largest absolute Gasteiger partial charge is 0.453 e. The van der Waals surface area contributed by atoms with Crippen LogP contribution in [0.4, 0.5) is 0 Å². The lowest BCUT2D eigenvalue weighted by Crippen LogP contribution is -2.38. The minimum Gasteiger partial charge on any atom is -0.453 e. The molecule has 2 unspecified atom stereocenters. The molecule has 3 aromatic rings. The van der Waals surface area contributed by atoms with E-state index in [0.717, 1.165) is 22.3 Å². The number of hydrogen-bond acceptors (Lipinski definition) is 5. The molecule has 0 saturated heterocycles. The number of fused-ring (bicyclic) bond motifs is 1. The Hall–Kier alpha value is -3.73. The lowest BCUT2D eigenvalue weighted by molar-refractivity contribution is -0.158. The first kappa shape index (κ1) is 26.3.